The maximum Gasteiger partial charge on any atom is 0.490 e. The molecule has 2 rings (SSSR count). The minimum Gasteiger partial charge on any atom is -0.475 e. The molecule has 1 aromatic rings. The third kappa shape index (κ3) is 8.11. The summed E-state index contributed by atoms with van der Waals surface area (Å²) in [5, 5.41) is 10.3. The summed E-state index contributed by atoms with van der Waals surface area (Å²) >= 11 is 0. The third-order valence-electron chi connectivity index (χ3n) is 4.56. The van der Waals surface area contributed by atoms with Gasteiger partial charge in [0.1, 0.15) is 0 Å². The Bertz CT molecular complexity index is 836. The second-order valence-corrected chi connectivity index (χ2v) is 9.03. The lowest BCUT2D eigenvalue weighted by Crippen LogP contribution is -2.50. The molecule has 176 valence electrons. The van der Waals surface area contributed by atoms with Crippen molar-refractivity contribution in [1.82, 2.24) is 14.5 Å². The van der Waals surface area contributed by atoms with E-state index in [1.807, 2.05) is 12.1 Å². The number of alkyl halides is 3. The Morgan fingerprint density at radius 3 is 2.03 bits per heavy atom. The molecule has 0 aromatic heterocycles. The highest BCUT2D eigenvalue weighted by atomic mass is 32.2. The van der Waals surface area contributed by atoms with Crippen molar-refractivity contribution in [3.8, 4) is 0 Å². The molecule has 1 saturated heterocycles. The number of carboxylic acid groups (broad SMARTS) is 1. The molecule has 12 heteroatoms. The van der Waals surface area contributed by atoms with Crippen LogP contribution in [0.2, 0.25) is 0 Å². The molecule has 1 fully saturated rings. The van der Waals surface area contributed by atoms with Gasteiger partial charge in [-0.2, -0.15) is 17.5 Å². The number of carboxylic acids is 1. The summed E-state index contributed by atoms with van der Waals surface area (Å²) in [6.45, 7) is 8.80. The number of hydrogen-bond donors (Lipinski definition) is 2. The Morgan fingerprint density at radius 1 is 1.16 bits per heavy atom. The quantitative estimate of drug-likeness (QED) is 0.662. The first kappa shape index (κ1) is 26.9. The second-order valence-electron chi connectivity index (χ2n) is 7.09. The van der Waals surface area contributed by atoms with Gasteiger partial charge in [0, 0.05) is 32.7 Å². The van der Waals surface area contributed by atoms with Crippen LogP contribution in [0.1, 0.15) is 32.3 Å². The first-order valence-electron chi connectivity index (χ1n) is 9.69. The molecular weight excluding hydrogens is 439 g/mol. The summed E-state index contributed by atoms with van der Waals surface area (Å²) in [5.41, 5.74) is 1.09. The zero-order valence-corrected chi connectivity index (χ0v) is 18.5. The number of aliphatic carboxylic acids is 1. The average molecular weight is 468 g/mol. The van der Waals surface area contributed by atoms with Gasteiger partial charge < -0.3 is 15.3 Å². The van der Waals surface area contributed by atoms with Gasteiger partial charge in [0.05, 0.1) is 11.4 Å². The Labute approximate surface area is 180 Å². The number of likely N-dealkylation sites (N-methyl/N-ethyl adjacent to an activating group) is 1. The number of carbonyl (C=O) groups excluding carboxylic acids is 1. The van der Waals surface area contributed by atoms with Gasteiger partial charge in [0.2, 0.25) is 15.9 Å². The lowest BCUT2D eigenvalue weighted by molar-refractivity contribution is -0.192. The molecule has 2 N–H and O–H groups in total. The van der Waals surface area contributed by atoms with E-state index in [-0.39, 0.29) is 23.9 Å². The van der Waals surface area contributed by atoms with Gasteiger partial charge in [0.25, 0.3) is 0 Å². The van der Waals surface area contributed by atoms with E-state index in [9.17, 15) is 26.4 Å². The molecule has 0 aliphatic carbocycles. The van der Waals surface area contributed by atoms with Gasteiger partial charge in [-0.1, -0.05) is 32.9 Å². The molecule has 0 bridgehead atoms. The molecule has 1 aliphatic heterocycles. The van der Waals surface area contributed by atoms with Crippen molar-refractivity contribution >= 4 is 21.9 Å². The first-order chi connectivity index (χ1) is 14.3. The number of rotatable bonds is 6. The van der Waals surface area contributed by atoms with Crippen molar-refractivity contribution in [3.05, 3.63) is 29.8 Å². The second kappa shape index (κ2) is 11.4. The topological polar surface area (TPSA) is 107 Å². The zero-order chi connectivity index (χ0) is 23.8. The minimum atomic E-state index is -5.08. The van der Waals surface area contributed by atoms with Crippen LogP contribution in [-0.2, 0) is 19.6 Å². The predicted octanol–water partition coefficient (Wildman–Crippen LogP) is 1.89. The number of hydrogen-bond acceptors (Lipinski definition) is 5. The Balaban J connectivity index is 0.000000592. The van der Waals surface area contributed by atoms with E-state index in [0.29, 0.717) is 19.0 Å². The van der Waals surface area contributed by atoms with E-state index < -0.39 is 22.2 Å². The summed E-state index contributed by atoms with van der Waals surface area (Å²) in [5.74, 6) is -2.55. The lowest BCUT2D eigenvalue weighted by atomic mass is 10.0. The standard InChI is InChI=1S/C17H27N3O3S.C2HF3O2/c1-4-20(13-17(21)19-11-9-18-10-12-19)24(22,23)16-7-5-15(6-8-16)14(2)3;3-2(4,5)1(6)7/h5-8,14,18H,4,9-13H2,1-3H3;(H,6,7). The molecule has 0 spiro atoms. The summed E-state index contributed by atoms with van der Waals surface area (Å²) in [7, 11) is -3.66. The molecule has 1 amide bonds. The number of benzene rings is 1. The van der Waals surface area contributed by atoms with Gasteiger partial charge in [0.15, 0.2) is 0 Å². The van der Waals surface area contributed by atoms with Crippen LogP contribution >= 0.6 is 0 Å². The number of halogens is 3. The zero-order valence-electron chi connectivity index (χ0n) is 17.6. The van der Waals surface area contributed by atoms with Crippen LogP contribution in [0.15, 0.2) is 29.2 Å². The van der Waals surface area contributed by atoms with Crippen molar-refractivity contribution in [3.63, 3.8) is 0 Å². The van der Waals surface area contributed by atoms with Crippen LogP contribution in [0.3, 0.4) is 0 Å². The van der Waals surface area contributed by atoms with Crippen molar-refractivity contribution in [1.29, 1.82) is 0 Å². The van der Waals surface area contributed by atoms with E-state index in [2.05, 4.69) is 19.2 Å². The van der Waals surface area contributed by atoms with Crippen LogP contribution in [0.4, 0.5) is 13.2 Å². The highest BCUT2D eigenvalue weighted by Crippen LogP contribution is 2.20. The number of nitrogens with one attached hydrogen (secondary N) is 1. The van der Waals surface area contributed by atoms with Crippen molar-refractivity contribution in [2.24, 2.45) is 0 Å². The first-order valence-corrected chi connectivity index (χ1v) is 11.1. The van der Waals surface area contributed by atoms with Crippen LogP contribution in [-0.4, -0.2) is 80.1 Å². The van der Waals surface area contributed by atoms with E-state index in [4.69, 9.17) is 9.90 Å². The molecule has 0 unspecified atom stereocenters. The van der Waals surface area contributed by atoms with E-state index >= 15 is 0 Å². The molecule has 31 heavy (non-hydrogen) atoms. The number of carbonyl (C=O) groups is 2. The maximum absolute atomic E-state index is 12.8. The summed E-state index contributed by atoms with van der Waals surface area (Å²) in [6.07, 6.45) is -5.08. The van der Waals surface area contributed by atoms with Crippen molar-refractivity contribution in [2.45, 2.75) is 37.8 Å². The van der Waals surface area contributed by atoms with Crippen molar-refractivity contribution < 1.29 is 36.3 Å². The van der Waals surface area contributed by atoms with Crippen molar-refractivity contribution in [2.75, 3.05) is 39.3 Å². The molecule has 0 atom stereocenters. The molecule has 1 aliphatic rings. The number of nitrogens with zero attached hydrogens (tertiary/aromatic N) is 2. The van der Waals surface area contributed by atoms with Crippen LogP contribution in [0, 0.1) is 0 Å². The number of amides is 1. The van der Waals surface area contributed by atoms with Gasteiger partial charge in [-0.15, -0.1) is 0 Å². The average Bonchev–Trinajstić information content (AvgIpc) is 2.72. The number of sulfonamides is 1. The van der Waals surface area contributed by atoms with Crippen LogP contribution in [0.25, 0.3) is 0 Å². The van der Waals surface area contributed by atoms with E-state index in [1.54, 1.807) is 24.0 Å². The molecule has 0 radical (unpaired) electrons. The third-order valence-corrected chi connectivity index (χ3v) is 6.50. The Morgan fingerprint density at radius 2 is 1.65 bits per heavy atom. The molecule has 1 heterocycles. The Kier molecular flexibility index (Phi) is 9.91. The monoisotopic (exact) mass is 467 g/mol. The van der Waals surface area contributed by atoms with Gasteiger partial charge in [-0.05, 0) is 23.6 Å². The Hall–Kier alpha value is -2.18. The van der Waals surface area contributed by atoms with Gasteiger partial charge in [-0.25, -0.2) is 13.2 Å². The highest BCUT2D eigenvalue weighted by Gasteiger charge is 2.38. The summed E-state index contributed by atoms with van der Waals surface area (Å²) < 4.78 is 58.6. The summed E-state index contributed by atoms with van der Waals surface area (Å²) in [6, 6.07) is 6.93. The smallest absolute Gasteiger partial charge is 0.475 e. The molecule has 0 saturated carbocycles. The van der Waals surface area contributed by atoms with E-state index in [1.165, 1.54) is 4.31 Å². The minimum absolute atomic E-state index is 0.106. The van der Waals surface area contributed by atoms with Gasteiger partial charge >= 0.3 is 12.1 Å². The fourth-order valence-electron chi connectivity index (χ4n) is 2.71. The fraction of sp³-hybridized carbons (Fsp3) is 0.579. The van der Waals surface area contributed by atoms with E-state index in [0.717, 1.165) is 18.7 Å². The molecule has 1 aromatic carbocycles. The lowest BCUT2D eigenvalue weighted by Gasteiger charge is -2.29. The van der Waals surface area contributed by atoms with Crippen LogP contribution < -0.4 is 5.32 Å². The normalized spacial score (nSPS) is 14.9. The summed E-state index contributed by atoms with van der Waals surface area (Å²) in [4.78, 5) is 23.2. The predicted molar refractivity (Wildman–Crippen MR) is 108 cm³/mol. The molecular formula is C19H28F3N3O5S. The van der Waals surface area contributed by atoms with Gasteiger partial charge in [-0.3, -0.25) is 4.79 Å². The number of piperazine rings is 1. The largest absolute Gasteiger partial charge is 0.490 e. The SMILES string of the molecule is CCN(CC(=O)N1CCNCC1)S(=O)(=O)c1ccc(C(C)C)cc1.O=C(O)C(F)(F)F. The highest BCUT2D eigenvalue weighted by molar-refractivity contribution is 7.89. The van der Waals surface area contributed by atoms with Crippen LogP contribution in [0.5, 0.6) is 0 Å². The molecule has 8 nitrogen and oxygen atoms in total. The maximum atomic E-state index is 12.8. The fourth-order valence-corrected chi connectivity index (χ4v) is 4.10.